The Morgan fingerprint density at radius 2 is 1.62 bits per heavy atom. The van der Waals surface area contributed by atoms with E-state index >= 15 is 0 Å². The highest BCUT2D eigenvalue weighted by Gasteiger charge is 2.23. The fourth-order valence-corrected chi connectivity index (χ4v) is 3.67. The number of ether oxygens (including phenoxy) is 2. The highest BCUT2D eigenvalue weighted by molar-refractivity contribution is 6.14. The lowest BCUT2D eigenvalue weighted by Crippen LogP contribution is -2.18. The van der Waals surface area contributed by atoms with Crippen molar-refractivity contribution in [3.8, 4) is 5.75 Å². The van der Waals surface area contributed by atoms with Crippen molar-refractivity contribution in [1.29, 1.82) is 0 Å². The summed E-state index contributed by atoms with van der Waals surface area (Å²) in [7, 11) is 1.28. The van der Waals surface area contributed by atoms with Gasteiger partial charge in [-0.2, -0.15) is 0 Å². The van der Waals surface area contributed by atoms with E-state index in [0.29, 0.717) is 18.3 Å². The van der Waals surface area contributed by atoms with Crippen LogP contribution >= 0.6 is 0 Å². The van der Waals surface area contributed by atoms with Gasteiger partial charge in [0, 0.05) is 16.8 Å². The molecule has 0 saturated carbocycles. The fourth-order valence-electron chi connectivity index (χ4n) is 3.10. The third-order valence-electron chi connectivity index (χ3n) is 4.71. The zero-order chi connectivity index (χ0) is 17.7. The van der Waals surface area contributed by atoms with Crippen LogP contribution in [0.3, 0.4) is 0 Å². The minimum Gasteiger partial charge on any atom is -0.491 e. The Hall–Kier alpha value is -0.803. The summed E-state index contributed by atoms with van der Waals surface area (Å²) in [5.74, 6) is 1.79. The predicted molar refractivity (Wildman–Crippen MR) is 108 cm³/mol. The first-order valence-electron chi connectivity index (χ1n) is 9.79. The van der Waals surface area contributed by atoms with Crippen LogP contribution in [0, 0.1) is 5.92 Å². The van der Waals surface area contributed by atoms with Gasteiger partial charge >= 0.3 is 0 Å². The Kier molecular flexibility index (Phi) is 11.1. The monoisotopic (exact) mass is 350 g/mol. The smallest absolute Gasteiger partial charge is 0.119 e. The second-order valence-corrected chi connectivity index (χ2v) is 10.4. The third-order valence-corrected chi connectivity index (χ3v) is 5.53. The van der Waals surface area contributed by atoms with E-state index in [-0.39, 0.29) is 0 Å². The molecule has 0 heterocycles. The maximum atomic E-state index is 5.75. The molecule has 138 valence electrons. The van der Waals surface area contributed by atoms with Crippen molar-refractivity contribution in [1.82, 2.24) is 0 Å². The van der Waals surface area contributed by atoms with Crippen LogP contribution in [0.4, 0.5) is 0 Å². The minimum absolute atomic E-state index is 0.544. The molecule has 0 N–H and O–H groups in total. The predicted octanol–water partition coefficient (Wildman–Crippen LogP) is 5.01. The first-order chi connectivity index (χ1) is 11.5. The minimum atomic E-state index is 0.544. The molecule has 1 rings (SSSR count). The molecule has 0 radical (unpaired) electrons. The van der Waals surface area contributed by atoms with E-state index in [4.69, 9.17) is 9.47 Å². The molecule has 0 bridgehead atoms. The van der Waals surface area contributed by atoms with E-state index in [1.165, 1.54) is 55.2 Å². The lowest BCUT2D eigenvalue weighted by Gasteiger charge is -2.31. The third kappa shape index (κ3) is 10.1. The van der Waals surface area contributed by atoms with E-state index in [1.54, 1.807) is 0 Å². The molecule has 0 aliphatic carbocycles. The maximum Gasteiger partial charge on any atom is 0.119 e. The Morgan fingerprint density at radius 3 is 2.29 bits per heavy atom. The van der Waals surface area contributed by atoms with Gasteiger partial charge in [0.2, 0.25) is 0 Å². The summed E-state index contributed by atoms with van der Waals surface area (Å²) in [4.78, 5) is 0. The molecular weight excluding hydrogens is 312 g/mol. The van der Waals surface area contributed by atoms with Crippen molar-refractivity contribution in [3.63, 3.8) is 0 Å². The van der Waals surface area contributed by atoms with Gasteiger partial charge in [0.25, 0.3) is 0 Å². The molecule has 2 nitrogen and oxygen atoms in total. The number of benzene rings is 1. The van der Waals surface area contributed by atoms with Crippen molar-refractivity contribution < 1.29 is 9.47 Å². The van der Waals surface area contributed by atoms with Crippen LogP contribution in [0.25, 0.3) is 0 Å². The van der Waals surface area contributed by atoms with Crippen LogP contribution in [0.1, 0.15) is 65.7 Å². The summed E-state index contributed by atoms with van der Waals surface area (Å²) in [6.45, 7) is 9.35. The molecule has 24 heavy (non-hydrogen) atoms. The van der Waals surface area contributed by atoms with Gasteiger partial charge in [-0.3, -0.25) is 0 Å². The second-order valence-electron chi connectivity index (χ2n) is 7.83. The highest BCUT2D eigenvalue weighted by Crippen LogP contribution is 2.37. The summed E-state index contributed by atoms with van der Waals surface area (Å²) in [5.41, 5.74) is 0. The molecule has 0 saturated heterocycles. The molecule has 1 aromatic carbocycles. The average molecular weight is 351 g/mol. The van der Waals surface area contributed by atoms with Gasteiger partial charge < -0.3 is 9.47 Å². The van der Waals surface area contributed by atoms with Gasteiger partial charge in [0.15, 0.2) is 0 Å². The Morgan fingerprint density at radius 1 is 0.917 bits per heavy atom. The fraction of sp³-hybridized carbons (Fsp3) is 0.714. The maximum absolute atomic E-state index is 5.75. The molecule has 3 heteroatoms. The van der Waals surface area contributed by atoms with E-state index in [0.717, 1.165) is 18.3 Å². The number of hydrogen-bond acceptors (Lipinski definition) is 2. The van der Waals surface area contributed by atoms with Crippen LogP contribution < -0.4 is 4.74 Å². The van der Waals surface area contributed by atoms with Gasteiger partial charge in [-0.1, -0.05) is 71.1 Å². The van der Waals surface area contributed by atoms with Gasteiger partial charge in [-0.25, -0.2) is 0 Å². The number of unbranched alkanes of at least 4 members (excludes halogenated alkanes) is 3. The average Bonchev–Trinajstić information content (AvgIpc) is 2.55. The summed E-state index contributed by atoms with van der Waals surface area (Å²) in [5, 5.41) is 0.544. The van der Waals surface area contributed by atoms with Crippen LogP contribution in [0.15, 0.2) is 30.3 Å². The normalized spacial score (nSPS) is 13.1. The van der Waals surface area contributed by atoms with Crippen molar-refractivity contribution in [2.45, 2.75) is 70.8 Å². The topological polar surface area (TPSA) is 18.5 Å². The van der Waals surface area contributed by atoms with Crippen molar-refractivity contribution in [2.24, 2.45) is 5.92 Å². The Balaban J connectivity index is 2.09. The van der Waals surface area contributed by atoms with E-state index in [9.17, 15) is 0 Å². The number of para-hydroxylation sites is 1. The second kappa shape index (κ2) is 12.5. The lowest BCUT2D eigenvalue weighted by molar-refractivity contribution is 0.0934. The molecule has 0 spiro atoms. The molecule has 1 aromatic rings. The molecule has 1 atom stereocenters. The Bertz CT molecular complexity index is 400. The number of hydrogen-bond donors (Lipinski definition) is 0. The van der Waals surface area contributed by atoms with Crippen molar-refractivity contribution >= 4 is 10.2 Å². The van der Waals surface area contributed by atoms with Crippen molar-refractivity contribution in [3.05, 3.63) is 30.3 Å². The molecule has 0 fully saturated rings. The standard InChI is InChI=1S/C21H38O2Si/c1-4-5-6-8-12-19(21(2,3)24)13-11-16-22-17-18-23-20-14-9-7-10-15-20/h7,9-10,14-15,19H,4-6,8,11-13,16-18H2,1-3,24H3. The molecule has 0 aromatic heterocycles. The first kappa shape index (κ1) is 21.2. The van der Waals surface area contributed by atoms with Crippen LogP contribution in [0.2, 0.25) is 5.04 Å². The zero-order valence-electron chi connectivity index (χ0n) is 16.4. The van der Waals surface area contributed by atoms with E-state index in [1.807, 2.05) is 30.3 Å². The summed E-state index contributed by atoms with van der Waals surface area (Å²) >= 11 is 0. The van der Waals surface area contributed by atoms with Gasteiger partial charge in [0.05, 0.1) is 6.61 Å². The van der Waals surface area contributed by atoms with Gasteiger partial charge in [0.1, 0.15) is 12.4 Å². The highest BCUT2D eigenvalue weighted by atomic mass is 28.1. The largest absolute Gasteiger partial charge is 0.491 e. The quantitative estimate of drug-likeness (QED) is 0.347. The SMILES string of the molecule is CCCCCCC(CCCOCCOc1ccccc1)C(C)(C)[SiH3]. The molecule has 0 aliphatic heterocycles. The van der Waals surface area contributed by atoms with Crippen LogP contribution in [0.5, 0.6) is 5.75 Å². The van der Waals surface area contributed by atoms with Gasteiger partial charge in [-0.05, 0) is 35.9 Å². The van der Waals surface area contributed by atoms with Crippen LogP contribution in [-0.2, 0) is 4.74 Å². The summed E-state index contributed by atoms with van der Waals surface area (Å²) in [6, 6.07) is 9.95. The Labute approximate surface area is 152 Å². The summed E-state index contributed by atoms with van der Waals surface area (Å²) in [6.07, 6.45) is 9.39. The first-order valence-corrected chi connectivity index (χ1v) is 10.8. The van der Waals surface area contributed by atoms with Crippen molar-refractivity contribution in [2.75, 3.05) is 19.8 Å². The van der Waals surface area contributed by atoms with Crippen LogP contribution in [-0.4, -0.2) is 30.1 Å². The molecule has 0 amide bonds. The molecule has 1 unspecified atom stereocenters. The molecular formula is C21H38O2Si. The van der Waals surface area contributed by atoms with E-state index in [2.05, 4.69) is 20.8 Å². The number of rotatable bonds is 14. The van der Waals surface area contributed by atoms with E-state index < -0.39 is 0 Å². The summed E-state index contributed by atoms with van der Waals surface area (Å²) < 4.78 is 11.4. The molecule has 0 aliphatic rings. The van der Waals surface area contributed by atoms with Gasteiger partial charge in [-0.15, -0.1) is 0 Å². The zero-order valence-corrected chi connectivity index (χ0v) is 18.4. The lowest BCUT2D eigenvalue weighted by atomic mass is 9.85.